The van der Waals surface area contributed by atoms with E-state index >= 15 is 0 Å². The monoisotopic (exact) mass is 207 g/mol. The van der Waals surface area contributed by atoms with E-state index in [1.54, 1.807) is 7.11 Å². The van der Waals surface area contributed by atoms with Gasteiger partial charge in [-0.3, -0.25) is 4.79 Å². The van der Waals surface area contributed by atoms with E-state index in [1.165, 1.54) is 0 Å². The van der Waals surface area contributed by atoms with Gasteiger partial charge >= 0.3 is 0 Å². The number of nitrogens with one attached hydrogen (secondary N) is 1. The first-order chi connectivity index (χ1) is 6.20. The van der Waals surface area contributed by atoms with Crippen LogP contribution in [0.25, 0.3) is 0 Å². The Balaban J connectivity index is 3.34. The number of methoxy groups -OCH3 is 1. The first kappa shape index (κ1) is 12.7. The van der Waals surface area contributed by atoms with Gasteiger partial charge in [-0.2, -0.15) is 0 Å². The van der Waals surface area contributed by atoms with Gasteiger partial charge in [-0.05, 0) is 12.3 Å². The van der Waals surface area contributed by atoms with Crippen LogP contribution >= 0.6 is 11.6 Å². The molecule has 0 aromatic rings. The van der Waals surface area contributed by atoms with E-state index in [-0.39, 0.29) is 5.91 Å². The van der Waals surface area contributed by atoms with Gasteiger partial charge in [-0.1, -0.05) is 6.92 Å². The summed E-state index contributed by atoms with van der Waals surface area (Å²) in [6.07, 6.45) is 1.26. The number of amides is 1. The van der Waals surface area contributed by atoms with Crippen molar-refractivity contribution in [3.8, 4) is 0 Å². The van der Waals surface area contributed by atoms with E-state index in [0.717, 1.165) is 6.42 Å². The molecule has 1 atom stereocenters. The van der Waals surface area contributed by atoms with Crippen LogP contribution in [0.4, 0.5) is 0 Å². The van der Waals surface area contributed by atoms with Crippen LogP contribution in [0.3, 0.4) is 0 Å². The Morgan fingerprint density at radius 3 is 2.85 bits per heavy atom. The molecule has 0 saturated heterocycles. The van der Waals surface area contributed by atoms with Gasteiger partial charge in [0.25, 0.3) is 0 Å². The molecule has 0 aliphatic rings. The molecular formula is C9H18ClNO2. The Morgan fingerprint density at radius 2 is 2.31 bits per heavy atom. The summed E-state index contributed by atoms with van der Waals surface area (Å²) in [6, 6.07) is 0. The summed E-state index contributed by atoms with van der Waals surface area (Å²) in [5.74, 6) is 0.981. The number of alkyl halides is 1. The molecule has 0 aliphatic heterocycles. The molecule has 0 heterocycles. The Kier molecular flexibility index (Phi) is 8.14. The van der Waals surface area contributed by atoms with Crippen LogP contribution in [-0.2, 0) is 9.53 Å². The molecule has 1 N–H and O–H groups in total. The first-order valence-electron chi connectivity index (χ1n) is 4.52. The standard InChI is InChI=1S/C9H18ClNO2/c1-8(7-13-2)6-11-9(12)4-3-5-10/h8H,3-7H2,1-2H3,(H,11,12). The third-order valence-corrected chi connectivity index (χ3v) is 1.90. The van der Waals surface area contributed by atoms with E-state index in [2.05, 4.69) is 5.32 Å². The van der Waals surface area contributed by atoms with Crippen LogP contribution in [-0.4, -0.2) is 32.0 Å². The molecular weight excluding hydrogens is 190 g/mol. The zero-order chi connectivity index (χ0) is 10.1. The van der Waals surface area contributed by atoms with Crippen molar-refractivity contribution in [3.63, 3.8) is 0 Å². The number of ether oxygens (including phenoxy) is 1. The summed E-state index contributed by atoms with van der Waals surface area (Å²) < 4.78 is 4.94. The molecule has 13 heavy (non-hydrogen) atoms. The number of rotatable bonds is 7. The maximum atomic E-state index is 11.1. The zero-order valence-corrected chi connectivity index (χ0v) is 9.06. The summed E-state index contributed by atoms with van der Waals surface area (Å²) in [5, 5.41) is 2.82. The molecule has 4 heteroatoms. The van der Waals surface area contributed by atoms with Gasteiger partial charge in [0.2, 0.25) is 5.91 Å². The second kappa shape index (κ2) is 8.32. The summed E-state index contributed by atoms with van der Waals surface area (Å²) in [6.45, 7) is 3.38. The highest BCUT2D eigenvalue weighted by molar-refractivity contribution is 6.17. The Bertz CT molecular complexity index is 142. The molecule has 3 nitrogen and oxygen atoms in total. The fourth-order valence-corrected chi connectivity index (χ4v) is 1.08. The lowest BCUT2D eigenvalue weighted by Gasteiger charge is -2.10. The highest BCUT2D eigenvalue weighted by atomic mass is 35.5. The minimum absolute atomic E-state index is 0.0728. The lowest BCUT2D eigenvalue weighted by atomic mass is 10.2. The van der Waals surface area contributed by atoms with Crippen molar-refractivity contribution in [1.29, 1.82) is 0 Å². The zero-order valence-electron chi connectivity index (χ0n) is 8.31. The number of carbonyl (C=O) groups is 1. The number of halogens is 1. The Morgan fingerprint density at radius 1 is 1.62 bits per heavy atom. The largest absolute Gasteiger partial charge is 0.384 e. The number of carbonyl (C=O) groups excluding carboxylic acids is 1. The Labute approximate surface area is 84.8 Å². The van der Waals surface area contributed by atoms with E-state index in [9.17, 15) is 4.79 Å². The summed E-state index contributed by atoms with van der Waals surface area (Å²) in [7, 11) is 1.66. The van der Waals surface area contributed by atoms with Gasteiger partial charge in [0.15, 0.2) is 0 Å². The van der Waals surface area contributed by atoms with Crippen LogP contribution in [0, 0.1) is 5.92 Å². The second-order valence-corrected chi connectivity index (χ2v) is 3.54. The van der Waals surface area contributed by atoms with Crippen LogP contribution in [0.15, 0.2) is 0 Å². The quantitative estimate of drug-likeness (QED) is 0.641. The van der Waals surface area contributed by atoms with Gasteiger partial charge in [-0.15, -0.1) is 11.6 Å². The fraction of sp³-hybridized carbons (Fsp3) is 0.889. The van der Waals surface area contributed by atoms with Gasteiger partial charge in [0, 0.05) is 26.0 Å². The molecule has 0 aromatic carbocycles. The minimum Gasteiger partial charge on any atom is -0.384 e. The normalized spacial score (nSPS) is 12.5. The number of hydrogen-bond acceptors (Lipinski definition) is 2. The van der Waals surface area contributed by atoms with Gasteiger partial charge in [0.1, 0.15) is 0 Å². The smallest absolute Gasteiger partial charge is 0.220 e. The van der Waals surface area contributed by atoms with Gasteiger partial charge in [0.05, 0.1) is 6.61 Å². The van der Waals surface area contributed by atoms with Gasteiger partial charge < -0.3 is 10.1 Å². The predicted molar refractivity (Wildman–Crippen MR) is 54.0 cm³/mol. The third-order valence-electron chi connectivity index (χ3n) is 1.64. The number of hydrogen-bond donors (Lipinski definition) is 1. The summed E-state index contributed by atoms with van der Waals surface area (Å²) >= 11 is 5.46. The lowest BCUT2D eigenvalue weighted by molar-refractivity contribution is -0.121. The SMILES string of the molecule is COCC(C)CNC(=O)CCCCl. The highest BCUT2D eigenvalue weighted by Gasteiger charge is 2.04. The Hall–Kier alpha value is -0.280. The summed E-state index contributed by atoms with van der Waals surface area (Å²) in [4.78, 5) is 11.1. The second-order valence-electron chi connectivity index (χ2n) is 3.16. The first-order valence-corrected chi connectivity index (χ1v) is 5.05. The molecule has 0 fully saturated rings. The molecule has 0 saturated carbocycles. The summed E-state index contributed by atoms with van der Waals surface area (Å²) in [5.41, 5.74) is 0. The molecule has 78 valence electrons. The fourth-order valence-electron chi connectivity index (χ4n) is 0.947. The van der Waals surface area contributed by atoms with Gasteiger partial charge in [-0.25, -0.2) is 0 Å². The minimum atomic E-state index is 0.0728. The van der Waals surface area contributed by atoms with Crippen LogP contribution in [0.5, 0.6) is 0 Å². The molecule has 0 aromatic heterocycles. The average Bonchev–Trinajstić information content (AvgIpc) is 2.12. The van der Waals surface area contributed by atoms with Crippen molar-refractivity contribution in [2.45, 2.75) is 19.8 Å². The lowest BCUT2D eigenvalue weighted by Crippen LogP contribution is -2.29. The molecule has 0 rings (SSSR count). The van der Waals surface area contributed by atoms with Crippen molar-refractivity contribution >= 4 is 17.5 Å². The highest BCUT2D eigenvalue weighted by Crippen LogP contribution is 1.95. The molecule has 0 bridgehead atoms. The molecule has 1 amide bonds. The van der Waals surface area contributed by atoms with Crippen LogP contribution < -0.4 is 5.32 Å². The van der Waals surface area contributed by atoms with Crippen LogP contribution in [0.1, 0.15) is 19.8 Å². The maximum Gasteiger partial charge on any atom is 0.220 e. The molecule has 0 spiro atoms. The van der Waals surface area contributed by atoms with E-state index < -0.39 is 0 Å². The maximum absolute atomic E-state index is 11.1. The van der Waals surface area contributed by atoms with E-state index in [4.69, 9.17) is 16.3 Å². The average molecular weight is 208 g/mol. The van der Waals surface area contributed by atoms with Crippen molar-refractivity contribution in [2.24, 2.45) is 5.92 Å². The molecule has 1 unspecified atom stereocenters. The van der Waals surface area contributed by atoms with Crippen LogP contribution in [0.2, 0.25) is 0 Å². The third kappa shape index (κ3) is 8.06. The molecule has 0 radical (unpaired) electrons. The van der Waals surface area contributed by atoms with E-state index in [1.807, 2.05) is 6.92 Å². The topological polar surface area (TPSA) is 38.3 Å². The predicted octanol–water partition coefficient (Wildman–Crippen LogP) is 1.40. The van der Waals surface area contributed by atoms with Crippen molar-refractivity contribution in [2.75, 3.05) is 26.1 Å². The van der Waals surface area contributed by atoms with E-state index in [0.29, 0.717) is 31.4 Å². The van der Waals surface area contributed by atoms with Crippen molar-refractivity contribution in [3.05, 3.63) is 0 Å². The van der Waals surface area contributed by atoms with Crippen molar-refractivity contribution < 1.29 is 9.53 Å². The molecule has 0 aliphatic carbocycles. The van der Waals surface area contributed by atoms with Crippen molar-refractivity contribution in [1.82, 2.24) is 5.32 Å².